The molecule has 0 aromatic heterocycles. The van der Waals surface area contributed by atoms with Crippen molar-refractivity contribution in [2.45, 2.75) is 39.5 Å². The van der Waals surface area contributed by atoms with Gasteiger partial charge in [0, 0.05) is 0 Å². The molecule has 0 bridgehead atoms. The molecule has 4 rings (SSSR count). The van der Waals surface area contributed by atoms with Crippen molar-refractivity contribution >= 4 is 0 Å². The zero-order valence-corrected chi connectivity index (χ0v) is 21.0. The molecule has 148 valence electrons. The van der Waals surface area contributed by atoms with E-state index in [4.69, 9.17) is 0 Å². The fourth-order valence-electron chi connectivity index (χ4n) is 4.03. The summed E-state index contributed by atoms with van der Waals surface area (Å²) in [6.07, 6.45) is 9.58. The van der Waals surface area contributed by atoms with Crippen LogP contribution >= 0.6 is 0 Å². The van der Waals surface area contributed by atoms with Crippen LogP contribution in [0.15, 0.2) is 102 Å². The first-order valence-electron chi connectivity index (χ1n) is 9.80. The molecule has 0 saturated heterocycles. The van der Waals surface area contributed by atoms with Gasteiger partial charge in [-0.1, -0.05) is 0 Å². The third-order valence-electron chi connectivity index (χ3n) is 5.45. The molecule has 3 heteroatoms. The van der Waals surface area contributed by atoms with Crippen molar-refractivity contribution in [1.29, 1.82) is 0 Å². The molecule has 0 heterocycles. The quantitative estimate of drug-likeness (QED) is 0.550. The SMILES string of the molecule is CC1=[C]([Zr+2][C]2=C(C)C=C(Cc3ccccc3)C2)CC(Cc2ccccc2)=C1.[Cl-].[Cl-]. The van der Waals surface area contributed by atoms with Crippen LogP contribution in [0.4, 0.5) is 0 Å². The van der Waals surface area contributed by atoms with Gasteiger partial charge in [0.05, 0.1) is 0 Å². The van der Waals surface area contributed by atoms with E-state index in [-0.39, 0.29) is 24.8 Å². The van der Waals surface area contributed by atoms with Crippen LogP contribution in [0.2, 0.25) is 0 Å². The summed E-state index contributed by atoms with van der Waals surface area (Å²) in [7, 11) is 0. The van der Waals surface area contributed by atoms with Gasteiger partial charge < -0.3 is 24.8 Å². The summed E-state index contributed by atoms with van der Waals surface area (Å²) in [6, 6.07) is 21.8. The van der Waals surface area contributed by atoms with Gasteiger partial charge in [-0.25, -0.2) is 0 Å². The first-order chi connectivity index (χ1) is 13.2. The van der Waals surface area contributed by atoms with E-state index in [1.807, 2.05) is 0 Å². The minimum atomic E-state index is -0.644. The van der Waals surface area contributed by atoms with Gasteiger partial charge in [-0.05, 0) is 0 Å². The summed E-state index contributed by atoms with van der Waals surface area (Å²) in [5.41, 5.74) is 9.19. The Morgan fingerprint density at radius 3 is 1.38 bits per heavy atom. The van der Waals surface area contributed by atoms with Crippen LogP contribution in [0, 0.1) is 0 Å². The van der Waals surface area contributed by atoms with Crippen molar-refractivity contribution in [1.82, 2.24) is 0 Å². The maximum Gasteiger partial charge on any atom is -1.00 e. The van der Waals surface area contributed by atoms with Crippen LogP contribution in [0.3, 0.4) is 0 Å². The smallest absolute Gasteiger partial charge is 1.00 e. The molecule has 0 spiro atoms. The molecule has 2 aromatic rings. The van der Waals surface area contributed by atoms with E-state index in [1.54, 1.807) is 28.9 Å². The van der Waals surface area contributed by atoms with Crippen LogP contribution in [-0.4, -0.2) is 0 Å². The third kappa shape index (κ3) is 6.42. The molecule has 0 N–H and O–H groups in total. The largest absolute Gasteiger partial charge is 1.00 e. The molecule has 0 nitrogen and oxygen atoms in total. The first kappa shape index (κ1) is 24.1. The zero-order chi connectivity index (χ0) is 18.6. The van der Waals surface area contributed by atoms with E-state index in [9.17, 15) is 0 Å². The summed E-state index contributed by atoms with van der Waals surface area (Å²) in [5.74, 6) is 0. The summed E-state index contributed by atoms with van der Waals surface area (Å²) in [6.45, 7) is 4.66. The Hall–Kier alpha value is -1.14. The molecule has 2 aromatic carbocycles. The molecule has 2 aliphatic carbocycles. The second kappa shape index (κ2) is 11.3. The summed E-state index contributed by atoms with van der Waals surface area (Å²) >= 11 is -0.644. The normalized spacial score (nSPS) is 15.4. The Balaban J connectivity index is 0.00000150. The van der Waals surface area contributed by atoms with Gasteiger partial charge in [-0.3, -0.25) is 0 Å². The topological polar surface area (TPSA) is 0 Å². The summed E-state index contributed by atoms with van der Waals surface area (Å²) in [4.78, 5) is 0. The molecule has 0 saturated carbocycles. The van der Waals surface area contributed by atoms with E-state index < -0.39 is 23.2 Å². The van der Waals surface area contributed by atoms with Crippen LogP contribution < -0.4 is 24.8 Å². The maximum atomic E-state index is 2.46. The van der Waals surface area contributed by atoms with E-state index >= 15 is 0 Å². The van der Waals surface area contributed by atoms with Gasteiger partial charge in [-0.15, -0.1) is 0 Å². The van der Waals surface area contributed by atoms with Gasteiger partial charge in [0.25, 0.3) is 0 Å². The van der Waals surface area contributed by atoms with Crippen molar-refractivity contribution < 1.29 is 48.0 Å². The number of rotatable bonds is 6. The van der Waals surface area contributed by atoms with Crippen molar-refractivity contribution in [2.24, 2.45) is 0 Å². The molecular weight excluding hydrogens is 474 g/mol. The zero-order valence-electron chi connectivity index (χ0n) is 17.0. The van der Waals surface area contributed by atoms with Crippen LogP contribution in [0.1, 0.15) is 37.8 Å². The Morgan fingerprint density at radius 2 is 1.00 bits per heavy atom. The van der Waals surface area contributed by atoms with E-state index in [1.165, 1.54) is 24.0 Å². The van der Waals surface area contributed by atoms with Crippen LogP contribution in [0.5, 0.6) is 0 Å². The minimum Gasteiger partial charge on any atom is -1.00 e. The molecule has 0 atom stereocenters. The average Bonchev–Trinajstić information content (AvgIpc) is 3.19. The number of halogens is 2. The van der Waals surface area contributed by atoms with Crippen molar-refractivity contribution in [3.8, 4) is 0 Å². The van der Waals surface area contributed by atoms with Crippen molar-refractivity contribution in [3.63, 3.8) is 0 Å². The van der Waals surface area contributed by atoms with Gasteiger partial charge in [0.1, 0.15) is 0 Å². The molecule has 0 amide bonds. The van der Waals surface area contributed by atoms with Gasteiger partial charge in [0.2, 0.25) is 0 Å². The summed E-state index contributed by atoms with van der Waals surface area (Å²) < 4.78 is 3.57. The molecule has 29 heavy (non-hydrogen) atoms. The van der Waals surface area contributed by atoms with Gasteiger partial charge >= 0.3 is 176 Å². The average molecular weight is 501 g/mol. The van der Waals surface area contributed by atoms with E-state index in [0.717, 1.165) is 12.8 Å². The fraction of sp³-hybridized carbons (Fsp3) is 0.231. The predicted octanol–water partition coefficient (Wildman–Crippen LogP) is 0.771. The molecule has 0 aliphatic heterocycles. The molecule has 0 fully saturated rings. The number of hydrogen-bond donors (Lipinski definition) is 0. The Morgan fingerprint density at radius 1 is 0.621 bits per heavy atom. The number of hydrogen-bond acceptors (Lipinski definition) is 0. The molecule has 0 unspecified atom stereocenters. The number of benzene rings is 2. The van der Waals surface area contributed by atoms with Crippen LogP contribution in [0.25, 0.3) is 0 Å². The first-order valence-corrected chi connectivity index (χ1v) is 12.3. The maximum absolute atomic E-state index is 2.46. The standard InChI is InChI=1S/2C13H13.2ClH.Zr/c2*1-11-7-8-13(9-11)10-12-5-3-2-4-6-12;;;/h2*2-6,9H,8,10H2,1H3;2*1H;/q;;;;+2/p-2. The Bertz CT molecular complexity index is 871. The van der Waals surface area contributed by atoms with Crippen molar-refractivity contribution in [3.05, 3.63) is 113 Å². The van der Waals surface area contributed by atoms with Crippen LogP contribution in [-0.2, 0) is 36.1 Å². The van der Waals surface area contributed by atoms with Gasteiger partial charge in [-0.2, -0.15) is 0 Å². The third-order valence-corrected chi connectivity index (χ3v) is 9.74. The summed E-state index contributed by atoms with van der Waals surface area (Å²) in [5, 5.41) is 0. The molecular formula is C26H26Cl2Zr. The second-order valence-corrected chi connectivity index (χ2v) is 11.3. The van der Waals surface area contributed by atoms with E-state index in [0.29, 0.717) is 0 Å². The minimum absolute atomic E-state index is 0. The number of allylic oxidation sites excluding steroid dienone is 8. The molecule has 2 aliphatic rings. The second-order valence-electron chi connectivity index (χ2n) is 7.73. The predicted molar refractivity (Wildman–Crippen MR) is 111 cm³/mol. The Labute approximate surface area is 199 Å². The molecule has 0 radical (unpaired) electrons. The fourth-order valence-corrected chi connectivity index (χ4v) is 7.80. The van der Waals surface area contributed by atoms with E-state index in [2.05, 4.69) is 86.7 Å². The Kier molecular flexibility index (Phi) is 9.41. The monoisotopic (exact) mass is 498 g/mol. The van der Waals surface area contributed by atoms with Crippen molar-refractivity contribution in [2.75, 3.05) is 0 Å². The van der Waals surface area contributed by atoms with Gasteiger partial charge in [0.15, 0.2) is 0 Å².